The second kappa shape index (κ2) is 6.76. The number of rotatable bonds is 5. The summed E-state index contributed by atoms with van der Waals surface area (Å²) in [7, 11) is 0. The van der Waals surface area contributed by atoms with E-state index in [0.717, 1.165) is 24.4 Å². The van der Waals surface area contributed by atoms with E-state index in [9.17, 15) is 0 Å². The first-order valence-electron chi connectivity index (χ1n) is 8.73. The third kappa shape index (κ3) is 3.20. The first-order valence-corrected chi connectivity index (χ1v) is 8.73. The lowest BCUT2D eigenvalue weighted by Crippen LogP contribution is -2.57. The van der Waals surface area contributed by atoms with Gasteiger partial charge in [-0.15, -0.1) is 0 Å². The van der Waals surface area contributed by atoms with Crippen LogP contribution in [-0.4, -0.2) is 54.1 Å². The molecule has 2 rings (SSSR count). The third-order valence-corrected chi connectivity index (χ3v) is 5.80. The zero-order chi connectivity index (χ0) is 14.8. The highest BCUT2D eigenvalue weighted by atomic mass is 15.3. The Hall–Kier alpha value is -0.120. The van der Waals surface area contributed by atoms with E-state index in [1.54, 1.807) is 0 Å². The molecular weight excluding hydrogens is 246 g/mol. The second-order valence-electron chi connectivity index (χ2n) is 7.39. The Morgan fingerprint density at radius 1 is 1.15 bits per heavy atom. The molecule has 2 aliphatic rings. The van der Waals surface area contributed by atoms with E-state index in [0.29, 0.717) is 5.54 Å². The Bertz CT molecular complexity index is 291. The minimum atomic E-state index is 0.291. The minimum absolute atomic E-state index is 0.291. The molecule has 2 fully saturated rings. The van der Waals surface area contributed by atoms with Gasteiger partial charge in [0.15, 0.2) is 0 Å². The zero-order valence-electron chi connectivity index (χ0n) is 14.1. The van der Waals surface area contributed by atoms with Crippen LogP contribution in [-0.2, 0) is 0 Å². The van der Waals surface area contributed by atoms with Crippen molar-refractivity contribution >= 4 is 0 Å². The number of nitrogens with zero attached hydrogens (tertiary/aromatic N) is 2. The second-order valence-corrected chi connectivity index (χ2v) is 7.39. The molecule has 0 aromatic heterocycles. The topological polar surface area (TPSA) is 32.5 Å². The van der Waals surface area contributed by atoms with Gasteiger partial charge in [-0.3, -0.25) is 9.80 Å². The summed E-state index contributed by atoms with van der Waals surface area (Å²) in [6, 6.07) is 0.751. The van der Waals surface area contributed by atoms with Crippen LogP contribution in [0.1, 0.15) is 53.4 Å². The maximum absolute atomic E-state index is 6.27. The molecule has 1 heterocycles. The van der Waals surface area contributed by atoms with Gasteiger partial charge < -0.3 is 5.73 Å². The van der Waals surface area contributed by atoms with Crippen LogP contribution in [0.2, 0.25) is 0 Å². The van der Waals surface area contributed by atoms with Crippen molar-refractivity contribution in [2.24, 2.45) is 17.6 Å². The molecule has 3 nitrogen and oxygen atoms in total. The Balaban J connectivity index is 2.05. The van der Waals surface area contributed by atoms with Gasteiger partial charge in [-0.05, 0) is 50.6 Å². The average Bonchev–Trinajstić information content (AvgIpc) is 2.89. The molecule has 2 N–H and O–H groups in total. The normalized spacial score (nSPS) is 39.6. The van der Waals surface area contributed by atoms with Crippen molar-refractivity contribution in [2.45, 2.75) is 65.0 Å². The maximum Gasteiger partial charge on any atom is 0.0337 e. The van der Waals surface area contributed by atoms with E-state index in [4.69, 9.17) is 5.73 Å². The Morgan fingerprint density at radius 2 is 1.75 bits per heavy atom. The molecule has 1 aliphatic carbocycles. The van der Waals surface area contributed by atoms with Crippen molar-refractivity contribution < 1.29 is 0 Å². The van der Waals surface area contributed by atoms with Gasteiger partial charge in [0, 0.05) is 31.2 Å². The Morgan fingerprint density at radius 3 is 2.25 bits per heavy atom. The summed E-state index contributed by atoms with van der Waals surface area (Å²) in [6.07, 6.45) is 5.32. The van der Waals surface area contributed by atoms with Crippen LogP contribution in [0.3, 0.4) is 0 Å². The van der Waals surface area contributed by atoms with Crippen molar-refractivity contribution in [3.63, 3.8) is 0 Å². The van der Waals surface area contributed by atoms with Crippen LogP contribution >= 0.6 is 0 Å². The molecule has 3 unspecified atom stereocenters. The van der Waals surface area contributed by atoms with Gasteiger partial charge in [0.05, 0.1) is 0 Å². The number of likely N-dealkylation sites (tertiary alicyclic amines) is 1. The molecule has 0 aromatic rings. The van der Waals surface area contributed by atoms with E-state index in [1.165, 1.54) is 51.9 Å². The fraction of sp³-hybridized carbons (Fsp3) is 1.00. The number of likely N-dealkylation sites (N-methyl/N-ethyl adjacent to an activating group) is 1. The van der Waals surface area contributed by atoms with E-state index >= 15 is 0 Å². The highest BCUT2D eigenvalue weighted by Crippen LogP contribution is 2.41. The van der Waals surface area contributed by atoms with Gasteiger partial charge in [-0.1, -0.05) is 27.7 Å². The molecule has 1 saturated heterocycles. The average molecular weight is 281 g/mol. The highest BCUT2D eigenvalue weighted by molar-refractivity contribution is 5.01. The van der Waals surface area contributed by atoms with Crippen molar-refractivity contribution in [2.75, 3.05) is 32.7 Å². The van der Waals surface area contributed by atoms with Crippen LogP contribution in [0.4, 0.5) is 0 Å². The predicted molar refractivity (Wildman–Crippen MR) is 86.9 cm³/mol. The third-order valence-electron chi connectivity index (χ3n) is 5.80. The summed E-state index contributed by atoms with van der Waals surface area (Å²) < 4.78 is 0. The molecule has 0 bridgehead atoms. The molecule has 0 radical (unpaired) electrons. The van der Waals surface area contributed by atoms with Gasteiger partial charge in [0.2, 0.25) is 0 Å². The van der Waals surface area contributed by atoms with Crippen molar-refractivity contribution in [3.05, 3.63) is 0 Å². The van der Waals surface area contributed by atoms with Gasteiger partial charge in [0.25, 0.3) is 0 Å². The fourth-order valence-corrected chi connectivity index (χ4v) is 5.00. The minimum Gasteiger partial charge on any atom is -0.329 e. The molecular formula is C17H35N3. The van der Waals surface area contributed by atoms with E-state index < -0.39 is 0 Å². The summed E-state index contributed by atoms with van der Waals surface area (Å²) in [5, 5.41) is 0. The van der Waals surface area contributed by atoms with Crippen LogP contribution in [0.5, 0.6) is 0 Å². The largest absolute Gasteiger partial charge is 0.329 e. The lowest BCUT2D eigenvalue weighted by molar-refractivity contribution is 0.0313. The number of nitrogens with two attached hydrogens (primary N) is 1. The molecule has 3 atom stereocenters. The monoisotopic (exact) mass is 281 g/mol. The van der Waals surface area contributed by atoms with Crippen LogP contribution in [0.25, 0.3) is 0 Å². The van der Waals surface area contributed by atoms with E-state index in [1.807, 2.05) is 0 Å². The van der Waals surface area contributed by atoms with Gasteiger partial charge >= 0.3 is 0 Å². The number of hydrogen-bond donors (Lipinski definition) is 1. The molecule has 1 saturated carbocycles. The summed E-state index contributed by atoms with van der Waals surface area (Å²) in [6.45, 7) is 15.1. The molecule has 0 aromatic carbocycles. The molecule has 1 aliphatic heterocycles. The Kier molecular flexibility index (Phi) is 5.49. The zero-order valence-corrected chi connectivity index (χ0v) is 14.1. The first kappa shape index (κ1) is 16.3. The quantitative estimate of drug-likeness (QED) is 0.840. The summed E-state index contributed by atoms with van der Waals surface area (Å²) in [4.78, 5) is 5.38. The van der Waals surface area contributed by atoms with Crippen molar-refractivity contribution in [1.82, 2.24) is 9.80 Å². The maximum atomic E-state index is 6.27. The first-order chi connectivity index (χ1) is 9.54. The van der Waals surface area contributed by atoms with Crippen molar-refractivity contribution in [3.8, 4) is 0 Å². The Labute approximate surface area is 125 Å². The SMILES string of the molecule is CCN(CC)C1CCN(C2(CN)CC(C)CC(C)C2)C1. The lowest BCUT2D eigenvalue weighted by atomic mass is 9.71. The van der Waals surface area contributed by atoms with Crippen LogP contribution in [0.15, 0.2) is 0 Å². The van der Waals surface area contributed by atoms with Gasteiger partial charge in [-0.2, -0.15) is 0 Å². The van der Waals surface area contributed by atoms with Crippen LogP contribution < -0.4 is 5.73 Å². The standard InChI is InChI=1S/C17H35N3/c1-5-19(6-2)16-7-8-20(12-16)17(13-18)10-14(3)9-15(4)11-17/h14-16H,5-13,18H2,1-4H3. The molecule has 0 amide bonds. The van der Waals surface area contributed by atoms with E-state index in [-0.39, 0.29) is 0 Å². The lowest BCUT2D eigenvalue weighted by Gasteiger charge is -2.48. The summed E-state index contributed by atoms with van der Waals surface area (Å²) in [5.41, 5.74) is 6.56. The molecule has 118 valence electrons. The fourth-order valence-electron chi connectivity index (χ4n) is 5.00. The van der Waals surface area contributed by atoms with Crippen LogP contribution in [0, 0.1) is 11.8 Å². The number of hydrogen-bond acceptors (Lipinski definition) is 3. The van der Waals surface area contributed by atoms with Gasteiger partial charge in [-0.25, -0.2) is 0 Å². The van der Waals surface area contributed by atoms with E-state index in [2.05, 4.69) is 37.5 Å². The predicted octanol–water partition coefficient (Wildman–Crippen LogP) is 2.56. The summed E-state index contributed by atoms with van der Waals surface area (Å²) >= 11 is 0. The summed E-state index contributed by atoms with van der Waals surface area (Å²) in [5.74, 6) is 1.66. The highest BCUT2D eigenvalue weighted by Gasteiger charge is 2.44. The molecule has 20 heavy (non-hydrogen) atoms. The van der Waals surface area contributed by atoms with Crippen molar-refractivity contribution in [1.29, 1.82) is 0 Å². The van der Waals surface area contributed by atoms with Gasteiger partial charge in [0.1, 0.15) is 0 Å². The smallest absolute Gasteiger partial charge is 0.0337 e. The molecule has 3 heteroatoms. The molecule has 0 spiro atoms.